The van der Waals surface area contributed by atoms with E-state index in [0.29, 0.717) is 22.1 Å². The van der Waals surface area contributed by atoms with E-state index in [9.17, 15) is 9.59 Å². The van der Waals surface area contributed by atoms with Gasteiger partial charge in [-0.2, -0.15) is 0 Å². The van der Waals surface area contributed by atoms with E-state index in [1.54, 1.807) is 38.1 Å². The Labute approximate surface area is 171 Å². The molecule has 10 heteroatoms. The summed E-state index contributed by atoms with van der Waals surface area (Å²) in [6.45, 7) is 3.52. The van der Waals surface area contributed by atoms with Crippen molar-refractivity contribution in [3.63, 3.8) is 0 Å². The van der Waals surface area contributed by atoms with E-state index >= 15 is 0 Å². The summed E-state index contributed by atoms with van der Waals surface area (Å²) in [5.74, 6) is -1.04. The zero-order valence-electron chi connectivity index (χ0n) is 16.3. The first kappa shape index (κ1) is 19.2. The van der Waals surface area contributed by atoms with Gasteiger partial charge in [0.05, 0.1) is 11.0 Å². The van der Waals surface area contributed by atoms with Gasteiger partial charge in [-0.05, 0) is 38.1 Å². The van der Waals surface area contributed by atoms with Crippen molar-refractivity contribution in [2.75, 3.05) is 0 Å². The van der Waals surface area contributed by atoms with Crippen LogP contribution in [0.15, 0.2) is 48.5 Å². The van der Waals surface area contributed by atoms with Crippen LogP contribution in [0.4, 0.5) is 0 Å². The molecule has 2 N–H and O–H groups in total. The quantitative estimate of drug-likeness (QED) is 0.510. The predicted octanol–water partition coefficient (Wildman–Crippen LogP) is 1.30. The van der Waals surface area contributed by atoms with Crippen LogP contribution in [0.2, 0.25) is 0 Å². The predicted molar refractivity (Wildman–Crippen MR) is 109 cm³/mol. The summed E-state index contributed by atoms with van der Waals surface area (Å²) < 4.78 is 0. The Morgan fingerprint density at radius 1 is 0.633 bits per heavy atom. The maximum absolute atomic E-state index is 12.5. The van der Waals surface area contributed by atoms with Crippen LogP contribution in [0.1, 0.15) is 35.1 Å². The largest absolute Gasteiger partial charge is 0.345 e. The molecule has 4 rings (SSSR count). The van der Waals surface area contributed by atoms with E-state index in [-0.39, 0.29) is 11.6 Å². The summed E-state index contributed by atoms with van der Waals surface area (Å²) in [5, 5.41) is 21.3. The van der Waals surface area contributed by atoms with Gasteiger partial charge in [0.2, 0.25) is 11.6 Å². The van der Waals surface area contributed by atoms with Gasteiger partial charge in [-0.1, -0.05) is 24.3 Å². The number of amides is 2. The van der Waals surface area contributed by atoms with Crippen LogP contribution in [0.5, 0.6) is 0 Å². The first-order chi connectivity index (χ1) is 14.5. The van der Waals surface area contributed by atoms with Crippen LogP contribution in [0, 0.1) is 0 Å². The molecule has 0 bridgehead atoms. The first-order valence-corrected chi connectivity index (χ1v) is 9.32. The lowest BCUT2D eigenvalue weighted by atomic mass is 10.1. The van der Waals surface area contributed by atoms with Gasteiger partial charge in [-0.25, -0.2) is 9.97 Å². The molecule has 2 unspecified atom stereocenters. The summed E-state index contributed by atoms with van der Waals surface area (Å²) in [4.78, 5) is 33.4. The third kappa shape index (κ3) is 4.02. The molecule has 0 radical (unpaired) electrons. The number of hydrogen-bond acceptors (Lipinski definition) is 8. The second-order valence-electron chi connectivity index (χ2n) is 6.77. The fourth-order valence-electron chi connectivity index (χ4n) is 2.75. The molecule has 2 aromatic carbocycles. The molecule has 2 aromatic heterocycles. The molecule has 0 spiro atoms. The van der Waals surface area contributed by atoms with E-state index in [4.69, 9.17) is 0 Å². The molecule has 2 amide bonds. The minimum absolute atomic E-state index is 0.0406. The topological polar surface area (TPSA) is 136 Å². The van der Waals surface area contributed by atoms with Gasteiger partial charge in [-0.15, -0.1) is 20.4 Å². The molecule has 0 aliphatic carbocycles. The summed E-state index contributed by atoms with van der Waals surface area (Å²) in [7, 11) is 0. The Bertz CT molecular complexity index is 1150. The third-order valence-corrected chi connectivity index (χ3v) is 4.59. The van der Waals surface area contributed by atoms with Crippen molar-refractivity contribution in [3.8, 4) is 0 Å². The monoisotopic (exact) mass is 402 g/mol. The number of aromatic nitrogens is 6. The molecule has 2 heterocycles. The summed E-state index contributed by atoms with van der Waals surface area (Å²) >= 11 is 0. The van der Waals surface area contributed by atoms with Crippen LogP contribution in [-0.4, -0.2) is 54.3 Å². The lowest BCUT2D eigenvalue weighted by Gasteiger charge is -2.21. The molecule has 0 saturated carbocycles. The van der Waals surface area contributed by atoms with E-state index < -0.39 is 23.9 Å². The number of carbonyl (C=O) groups is 2. The average molecular weight is 402 g/mol. The van der Waals surface area contributed by atoms with E-state index in [0.717, 1.165) is 0 Å². The molecule has 2 atom stereocenters. The SMILES string of the molecule is CC(NC(=O)c1nnc2ccccc2n1)C(C)NC(=O)c1nnc2ccccc2n1. The van der Waals surface area contributed by atoms with Crippen molar-refractivity contribution >= 4 is 33.9 Å². The molecule has 0 saturated heterocycles. The van der Waals surface area contributed by atoms with Crippen molar-refractivity contribution in [1.82, 2.24) is 41.0 Å². The number of nitrogens with one attached hydrogen (secondary N) is 2. The molecule has 150 valence electrons. The van der Waals surface area contributed by atoms with Gasteiger partial charge < -0.3 is 10.6 Å². The number of rotatable bonds is 5. The van der Waals surface area contributed by atoms with Crippen LogP contribution in [-0.2, 0) is 0 Å². The van der Waals surface area contributed by atoms with Crippen LogP contribution in [0.3, 0.4) is 0 Å². The Morgan fingerprint density at radius 2 is 1.00 bits per heavy atom. The highest BCUT2D eigenvalue weighted by molar-refractivity contribution is 5.93. The van der Waals surface area contributed by atoms with Gasteiger partial charge >= 0.3 is 0 Å². The number of carbonyl (C=O) groups excluding carboxylic acids is 2. The third-order valence-electron chi connectivity index (χ3n) is 4.59. The van der Waals surface area contributed by atoms with E-state index in [1.807, 2.05) is 24.3 Å². The molecule has 0 aliphatic heterocycles. The van der Waals surface area contributed by atoms with Gasteiger partial charge in [0.15, 0.2) is 0 Å². The number of fused-ring (bicyclic) bond motifs is 2. The minimum Gasteiger partial charge on any atom is -0.345 e. The van der Waals surface area contributed by atoms with Gasteiger partial charge in [-0.3, -0.25) is 9.59 Å². The highest BCUT2D eigenvalue weighted by atomic mass is 16.2. The molecule has 4 aromatic rings. The van der Waals surface area contributed by atoms with Crippen LogP contribution in [0.25, 0.3) is 22.1 Å². The lowest BCUT2D eigenvalue weighted by Crippen LogP contribution is -2.49. The Balaban J connectivity index is 1.41. The number of benzene rings is 2. The van der Waals surface area contributed by atoms with Crippen molar-refractivity contribution in [3.05, 3.63) is 60.2 Å². The Morgan fingerprint density at radius 3 is 1.40 bits per heavy atom. The lowest BCUT2D eigenvalue weighted by molar-refractivity contribution is 0.0880. The summed E-state index contributed by atoms with van der Waals surface area (Å²) in [5.41, 5.74) is 2.36. The fraction of sp³-hybridized carbons (Fsp3) is 0.200. The van der Waals surface area contributed by atoms with Crippen molar-refractivity contribution in [2.24, 2.45) is 0 Å². The second kappa shape index (κ2) is 8.11. The van der Waals surface area contributed by atoms with Crippen molar-refractivity contribution in [1.29, 1.82) is 0 Å². The molecule has 0 aliphatic rings. The molecular weight excluding hydrogens is 384 g/mol. The zero-order valence-corrected chi connectivity index (χ0v) is 16.3. The number of nitrogens with zero attached hydrogens (tertiary/aromatic N) is 6. The van der Waals surface area contributed by atoms with E-state index in [1.165, 1.54) is 0 Å². The standard InChI is InChI=1S/C20H18N8O2/c1-11(21-19(29)17-23-13-7-3-5-9-15(13)25-27-17)12(2)22-20(30)18-24-14-8-4-6-10-16(14)26-28-18/h3-12H,1-2H3,(H,21,29)(H,22,30). The van der Waals surface area contributed by atoms with E-state index in [2.05, 4.69) is 41.0 Å². The van der Waals surface area contributed by atoms with Gasteiger partial charge in [0.25, 0.3) is 11.8 Å². The Kier molecular flexibility index (Phi) is 5.21. The molecule has 10 nitrogen and oxygen atoms in total. The van der Waals surface area contributed by atoms with Crippen LogP contribution < -0.4 is 10.6 Å². The number of hydrogen-bond donors (Lipinski definition) is 2. The van der Waals surface area contributed by atoms with Gasteiger partial charge in [0, 0.05) is 12.1 Å². The smallest absolute Gasteiger partial charge is 0.291 e. The summed E-state index contributed by atoms with van der Waals surface area (Å²) in [6, 6.07) is 13.5. The van der Waals surface area contributed by atoms with Crippen LogP contribution >= 0.6 is 0 Å². The zero-order chi connectivity index (χ0) is 21.1. The highest BCUT2D eigenvalue weighted by Gasteiger charge is 2.21. The van der Waals surface area contributed by atoms with Crippen molar-refractivity contribution < 1.29 is 9.59 Å². The normalized spacial score (nSPS) is 13.0. The fourth-order valence-corrected chi connectivity index (χ4v) is 2.75. The maximum Gasteiger partial charge on any atom is 0.291 e. The van der Waals surface area contributed by atoms with Crippen molar-refractivity contribution in [2.45, 2.75) is 25.9 Å². The average Bonchev–Trinajstić information content (AvgIpc) is 2.78. The summed E-state index contributed by atoms with van der Waals surface area (Å²) in [6.07, 6.45) is 0. The Hall–Kier alpha value is -4.08. The molecular formula is C20H18N8O2. The molecule has 0 fully saturated rings. The maximum atomic E-state index is 12.5. The molecule has 30 heavy (non-hydrogen) atoms. The minimum atomic E-state index is -0.481. The second-order valence-corrected chi connectivity index (χ2v) is 6.77. The number of para-hydroxylation sites is 2. The van der Waals surface area contributed by atoms with Gasteiger partial charge in [0.1, 0.15) is 11.0 Å². The highest BCUT2D eigenvalue weighted by Crippen LogP contribution is 2.08. The first-order valence-electron chi connectivity index (χ1n) is 9.32.